The molecular formula is C27H24F3N5O4. The Balaban J connectivity index is 1.42. The Bertz CT molecular complexity index is 1550. The van der Waals surface area contributed by atoms with Crippen LogP contribution in [0.2, 0.25) is 0 Å². The molecule has 12 heteroatoms. The van der Waals surface area contributed by atoms with Crippen LogP contribution in [0.1, 0.15) is 27.8 Å². The number of hydrogen-bond acceptors (Lipinski definition) is 8. The van der Waals surface area contributed by atoms with E-state index in [1.54, 1.807) is 25.3 Å². The number of methoxy groups -OCH3 is 2. The first-order valence-corrected chi connectivity index (χ1v) is 11.9. The number of halogens is 3. The molecular weight excluding hydrogens is 515 g/mol. The van der Waals surface area contributed by atoms with Crippen LogP contribution in [-0.2, 0) is 17.8 Å². The summed E-state index contributed by atoms with van der Waals surface area (Å²) in [4.78, 5) is 25.9. The first-order chi connectivity index (χ1) is 18.7. The third kappa shape index (κ3) is 5.08. The number of nitrogens with zero attached hydrogens (tertiary/aromatic N) is 3. The standard InChI is InChI=1S/C27H24F3N5O4/c1-37-19-9-7-16(15-8-10-22(27(28,29)30)34-23(15)19)26-35-24(21(12-31)39-26)25(36)32-13-14-11-20(38-2)17-5-3-4-6-18(17)33-14/h3-11,19,23H,12-13,31H2,1-2H3,(H,32,36). The quantitative estimate of drug-likeness (QED) is 0.467. The van der Waals surface area contributed by atoms with E-state index in [4.69, 9.17) is 19.6 Å². The fraction of sp³-hybridized carbons (Fsp3) is 0.259. The molecule has 1 aromatic carbocycles. The number of carbonyl (C=O) groups is 1. The molecule has 1 aliphatic heterocycles. The van der Waals surface area contributed by atoms with Crippen molar-refractivity contribution in [3.63, 3.8) is 0 Å². The molecule has 3 heterocycles. The van der Waals surface area contributed by atoms with Crippen LogP contribution in [0.25, 0.3) is 16.5 Å². The smallest absolute Gasteiger partial charge is 0.432 e. The van der Waals surface area contributed by atoms with Gasteiger partial charge in [0, 0.05) is 24.1 Å². The summed E-state index contributed by atoms with van der Waals surface area (Å²) in [7, 11) is 2.94. The van der Waals surface area contributed by atoms with E-state index in [0.717, 1.165) is 11.5 Å². The van der Waals surface area contributed by atoms with Gasteiger partial charge in [0.15, 0.2) is 11.5 Å². The maximum absolute atomic E-state index is 13.3. The number of para-hydroxylation sites is 1. The van der Waals surface area contributed by atoms with E-state index in [1.165, 1.54) is 13.2 Å². The first-order valence-electron chi connectivity index (χ1n) is 11.9. The molecule has 1 amide bonds. The lowest BCUT2D eigenvalue weighted by atomic mass is 9.88. The molecule has 39 heavy (non-hydrogen) atoms. The number of nitrogens with one attached hydrogen (secondary N) is 1. The molecule has 5 rings (SSSR count). The predicted octanol–water partition coefficient (Wildman–Crippen LogP) is 3.90. The van der Waals surface area contributed by atoms with Crippen LogP contribution in [0, 0.1) is 0 Å². The summed E-state index contributed by atoms with van der Waals surface area (Å²) in [5, 5.41) is 3.61. The predicted molar refractivity (Wildman–Crippen MR) is 137 cm³/mol. The van der Waals surface area contributed by atoms with Crippen LogP contribution < -0.4 is 15.8 Å². The number of alkyl halides is 3. The zero-order valence-corrected chi connectivity index (χ0v) is 21.0. The summed E-state index contributed by atoms with van der Waals surface area (Å²) in [6, 6.07) is 8.24. The number of amides is 1. The van der Waals surface area contributed by atoms with Gasteiger partial charge in [-0.25, -0.2) is 4.98 Å². The van der Waals surface area contributed by atoms with Crippen LogP contribution in [-0.4, -0.2) is 54.1 Å². The molecule has 1 aliphatic carbocycles. The third-order valence-corrected chi connectivity index (χ3v) is 6.36. The van der Waals surface area contributed by atoms with Gasteiger partial charge in [0.2, 0.25) is 5.89 Å². The lowest BCUT2D eigenvalue weighted by Gasteiger charge is -2.29. The molecule has 0 fully saturated rings. The maximum atomic E-state index is 13.3. The van der Waals surface area contributed by atoms with Gasteiger partial charge in [0.05, 0.1) is 31.4 Å². The van der Waals surface area contributed by atoms with Crippen molar-refractivity contribution in [1.82, 2.24) is 15.3 Å². The largest absolute Gasteiger partial charge is 0.496 e. The monoisotopic (exact) mass is 539 g/mol. The van der Waals surface area contributed by atoms with Crippen molar-refractivity contribution in [2.75, 3.05) is 14.2 Å². The first kappa shape index (κ1) is 26.3. The molecule has 0 bridgehead atoms. The summed E-state index contributed by atoms with van der Waals surface area (Å²) in [5.74, 6) is 0.229. The normalized spacial score (nSPS) is 18.8. The van der Waals surface area contributed by atoms with Crippen LogP contribution in [0.4, 0.5) is 13.2 Å². The highest BCUT2D eigenvalue weighted by molar-refractivity contribution is 6.02. The van der Waals surface area contributed by atoms with Gasteiger partial charge in [-0.1, -0.05) is 30.4 Å². The molecule has 0 saturated carbocycles. The summed E-state index contributed by atoms with van der Waals surface area (Å²) < 4.78 is 56.5. The van der Waals surface area contributed by atoms with E-state index < -0.39 is 29.9 Å². The van der Waals surface area contributed by atoms with Crippen molar-refractivity contribution in [2.45, 2.75) is 31.4 Å². The Morgan fingerprint density at radius 2 is 1.95 bits per heavy atom. The van der Waals surface area contributed by atoms with Crippen LogP contribution in [0.3, 0.4) is 0 Å². The van der Waals surface area contributed by atoms with E-state index in [0.29, 0.717) is 28.1 Å². The molecule has 3 N–H and O–H groups in total. The van der Waals surface area contributed by atoms with Crippen LogP contribution >= 0.6 is 0 Å². The Kier molecular flexibility index (Phi) is 7.06. The highest BCUT2D eigenvalue weighted by Crippen LogP contribution is 2.36. The average Bonchev–Trinajstić information content (AvgIpc) is 3.38. The summed E-state index contributed by atoms with van der Waals surface area (Å²) in [5.41, 5.74) is 6.85. The molecule has 202 valence electrons. The number of fused-ring (bicyclic) bond motifs is 2. The van der Waals surface area contributed by atoms with Crippen molar-refractivity contribution in [1.29, 1.82) is 0 Å². The van der Waals surface area contributed by atoms with E-state index >= 15 is 0 Å². The molecule has 2 atom stereocenters. The fourth-order valence-electron chi connectivity index (χ4n) is 4.48. The third-order valence-electron chi connectivity index (χ3n) is 6.36. The van der Waals surface area contributed by atoms with Crippen molar-refractivity contribution in [2.24, 2.45) is 10.7 Å². The number of benzene rings is 1. The maximum Gasteiger partial charge on any atom is 0.432 e. The number of aliphatic imine (C=N–C) groups is 1. The number of allylic oxidation sites excluding steroid dienone is 3. The minimum absolute atomic E-state index is 0.0345. The van der Waals surface area contributed by atoms with Crippen molar-refractivity contribution < 1.29 is 31.9 Å². The highest BCUT2D eigenvalue weighted by Gasteiger charge is 2.40. The van der Waals surface area contributed by atoms with Gasteiger partial charge in [-0.3, -0.25) is 14.8 Å². The second kappa shape index (κ2) is 10.5. The minimum atomic E-state index is -4.60. The number of carbonyl (C=O) groups excluding carboxylic acids is 1. The van der Waals surface area contributed by atoms with Gasteiger partial charge < -0.3 is 24.9 Å². The topological polar surface area (TPSA) is 125 Å². The van der Waals surface area contributed by atoms with Gasteiger partial charge in [-0.2, -0.15) is 13.2 Å². The number of oxazole rings is 1. The number of pyridine rings is 1. The number of aromatic nitrogens is 2. The SMILES string of the molecule is COc1cc(CNC(=O)c2nc(C3=C4C=CC(C(F)(F)F)=NC4C(OC)C=C3)oc2CN)nc2ccccc12. The van der Waals surface area contributed by atoms with Gasteiger partial charge in [0.1, 0.15) is 23.6 Å². The van der Waals surface area contributed by atoms with E-state index in [2.05, 4.69) is 20.3 Å². The Morgan fingerprint density at radius 1 is 1.15 bits per heavy atom. The lowest BCUT2D eigenvalue weighted by molar-refractivity contribution is -0.0583. The number of dihydropyridines is 1. The number of nitrogens with two attached hydrogens (primary N) is 1. The van der Waals surface area contributed by atoms with Crippen molar-refractivity contribution >= 4 is 28.1 Å². The van der Waals surface area contributed by atoms with Gasteiger partial charge in [0.25, 0.3) is 5.91 Å². The van der Waals surface area contributed by atoms with E-state index in [-0.39, 0.29) is 30.4 Å². The molecule has 2 aromatic heterocycles. The van der Waals surface area contributed by atoms with Crippen LogP contribution in [0.15, 0.2) is 69.6 Å². The number of rotatable bonds is 7. The second-order valence-corrected chi connectivity index (χ2v) is 8.73. The summed E-state index contributed by atoms with van der Waals surface area (Å²) in [6.07, 6.45) is 0.0814. The Hall–Kier alpha value is -4.29. The van der Waals surface area contributed by atoms with Crippen molar-refractivity contribution in [3.05, 3.63) is 83.2 Å². The molecule has 2 unspecified atom stereocenters. The number of ether oxygens (including phenoxy) is 2. The number of hydrogen-bond donors (Lipinski definition) is 2. The molecule has 0 spiro atoms. The second-order valence-electron chi connectivity index (χ2n) is 8.73. The van der Waals surface area contributed by atoms with Gasteiger partial charge in [-0.15, -0.1) is 0 Å². The zero-order valence-electron chi connectivity index (χ0n) is 21.0. The fourth-order valence-corrected chi connectivity index (χ4v) is 4.48. The van der Waals surface area contributed by atoms with Gasteiger partial charge >= 0.3 is 6.18 Å². The molecule has 0 radical (unpaired) electrons. The minimum Gasteiger partial charge on any atom is -0.496 e. The summed E-state index contributed by atoms with van der Waals surface area (Å²) >= 11 is 0. The van der Waals surface area contributed by atoms with Crippen molar-refractivity contribution in [3.8, 4) is 5.75 Å². The van der Waals surface area contributed by atoms with E-state index in [9.17, 15) is 18.0 Å². The molecule has 3 aromatic rings. The Morgan fingerprint density at radius 3 is 2.67 bits per heavy atom. The highest BCUT2D eigenvalue weighted by atomic mass is 19.4. The average molecular weight is 540 g/mol. The lowest BCUT2D eigenvalue weighted by Crippen LogP contribution is -2.35. The van der Waals surface area contributed by atoms with Gasteiger partial charge in [-0.05, 0) is 23.8 Å². The Labute approximate surface area is 220 Å². The van der Waals surface area contributed by atoms with E-state index in [1.807, 2.05) is 24.3 Å². The molecule has 9 nitrogen and oxygen atoms in total. The van der Waals surface area contributed by atoms with Crippen LogP contribution in [0.5, 0.6) is 5.75 Å². The molecule has 2 aliphatic rings. The zero-order chi connectivity index (χ0) is 27.7. The molecule has 0 saturated heterocycles. The summed E-state index contributed by atoms with van der Waals surface area (Å²) in [6.45, 7) is -0.0458.